The van der Waals surface area contributed by atoms with Gasteiger partial charge in [-0.25, -0.2) is 9.98 Å². The number of amidine groups is 1. The van der Waals surface area contributed by atoms with Crippen LogP contribution in [0, 0.1) is 0 Å². The van der Waals surface area contributed by atoms with Crippen molar-refractivity contribution in [2.75, 3.05) is 4.90 Å². The van der Waals surface area contributed by atoms with Crippen molar-refractivity contribution in [3.8, 4) is 0 Å². The average molecular weight is 360 g/mol. The summed E-state index contributed by atoms with van der Waals surface area (Å²) in [5.74, 6) is 0.631. The lowest BCUT2D eigenvalue weighted by Crippen LogP contribution is -2.32. The molecule has 1 aromatic heterocycles. The Morgan fingerprint density at radius 2 is 1.62 bits per heavy atom. The highest BCUT2D eigenvalue weighted by molar-refractivity contribution is 6.25. The number of furan rings is 1. The summed E-state index contributed by atoms with van der Waals surface area (Å²) < 4.78 is 5.96. The molecule has 0 aliphatic carbocycles. The normalized spacial score (nSPS) is 17.0. The van der Waals surface area contributed by atoms with E-state index in [4.69, 9.17) is 16.0 Å². The van der Waals surface area contributed by atoms with Crippen LogP contribution in [0.4, 0.5) is 5.69 Å². The summed E-state index contributed by atoms with van der Waals surface area (Å²) in [6.07, 6.45) is 1.72. The van der Waals surface area contributed by atoms with Crippen molar-refractivity contribution < 1.29 is 4.42 Å². The fraction of sp³-hybridized carbons (Fsp3) is 0.0476. The number of aliphatic imine (C=N–C) groups is 2. The van der Waals surface area contributed by atoms with Crippen LogP contribution in [-0.2, 0) is 0 Å². The SMILES string of the molecule is ClC1N=C(c2ccccc2)N=CN1c1ccc2c(c1)oc1ccccc12. The zero-order chi connectivity index (χ0) is 17.5. The molecule has 0 amide bonds. The maximum atomic E-state index is 6.51. The topological polar surface area (TPSA) is 41.1 Å². The van der Waals surface area contributed by atoms with E-state index in [-0.39, 0.29) is 0 Å². The van der Waals surface area contributed by atoms with Crippen molar-refractivity contribution in [1.29, 1.82) is 0 Å². The molecule has 1 aliphatic rings. The third-order valence-corrected chi connectivity index (χ3v) is 4.76. The van der Waals surface area contributed by atoms with Gasteiger partial charge in [0.25, 0.3) is 0 Å². The fourth-order valence-electron chi connectivity index (χ4n) is 3.17. The van der Waals surface area contributed by atoms with E-state index in [0.29, 0.717) is 5.84 Å². The molecule has 2 heterocycles. The number of anilines is 1. The number of benzene rings is 3. The molecule has 4 aromatic rings. The van der Waals surface area contributed by atoms with E-state index in [1.54, 1.807) is 6.34 Å². The summed E-state index contributed by atoms with van der Waals surface area (Å²) in [6.45, 7) is 0. The van der Waals surface area contributed by atoms with Gasteiger partial charge in [-0.1, -0.05) is 60.1 Å². The molecule has 1 unspecified atom stereocenters. The predicted molar refractivity (Wildman–Crippen MR) is 107 cm³/mol. The summed E-state index contributed by atoms with van der Waals surface area (Å²) in [4.78, 5) is 10.8. The van der Waals surface area contributed by atoms with Gasteiger partial charge in [-0.2, -0.15) is 0 Å². The zero-order valence-corrected chi connectivity index (χ0v) is 14.5. The molecule has 0 saturated heterocycles. The number of hydrogen-bond donors (Lipinski definition) is 0. The molecule has 5 heteroatoms. The largest absolute Gasteiger partial charge is 0.456 e. The summed E-state index contributed by atoms with van der Waals surface area (Å²) >= 11 is 6.51. The van der Waals surface area contributed by atoms with Gasteiger partial charge in [-0.3, -0.25) is 4.90 Å². The first-order valence-corrected chi connectivity index (χ1v) is 8.74. The van der Waals surface area contributed by atoms with Gasteiger partial charge in [-0.05, 0) is 18.2 Å². The third kappa shape index (κ3) is 2.47. The first kappa shape index (κ1) is 15.2. The van der Waals surface area contributed by atoms with Gasteiger partial charge in [0.05, 0.1) is 0 Å². The van der Waals surface area contributed by atoms with E-state index in [1.165, 1.54) is 0 Å². The summed E-state index contributed by atoms with van der Waals surface area (Å²) in [6, 6.07) is 23.8. The van der Waals surface area contributed by atoms with Crippen LogP contribution in [0.1, 0.15) is 5.56 Å². The zero-order valence-electron chi connectivity index (χ0n) is 13.7. The Balaban J connectivity index is 1.51. The van der Waals surface area contributed by atoms with Crippen molar-refractivity contribution >= 4 is 51.4 Å². The van der Waals surface area contributed by atoms with E-state index in [1.807, 2.05) is 71.6 Å². The van der Waals surface area contributed by atoms with Crippen LogP contribution in [0.2, 0.25) is 0 Å². The van der Waals surface area contributed by atoms with Crippen molar-refractivity contribution in [2.45, 2.75) is 5.62 Å². The standard InChI is InChI=1S/C21H14ClN3O/c22-21-24-20(14-6-2-1-3-7-14)23-13-25(21)15-10-11-17-16-8-4-5-9-18(16)26-19(17)12-15/h1-13,21H. The minimum Gasteiger partial charge on any atom is -0.456 e. The van der Waals surface area contributed by atoms with Crippen LogP contribution in [-0.4, -0.2) is 17.8 Å². The lowest BCUT2D eigenvalue weighted by Gasteiger charge is -2.25. The van der Waals surface area contributed by atoms with Gasteiger partial charge in [-0.15, -0.1) is 0 Å². The van der Waals surface area contributed by atoms with Crippen LogP contribution < -0.4 is 4.90 Å². The predicted octanol–water partition coefficient (Wildman–Crippen LogP) is 5.40. The Labute approximate surface area is 155 Å². The maximum absolute atomic E-state index is 6.51. The Kier molecular flexibility index (Phi) is 3.50. The average Bonchev–Trinajstić information content (AvgIpc) is 3.06. The molecule has 0 fully saturated rings. The molecule has 1 atom stereocenters. The molecule has 4 nitrogen and oxygen atoms in total. The highest BCUT2D eigenvalue weighted by Crippen LogP contribution is 2.32. The molecule has 126 valence electrons. The van der Waals surface area contributed by atoms with Gasteiger partial charge < -0.3 is 4.42 Å². The minimum atomic E-state index is -0.565. The van der Waals surface area contributed by atoms with Crippen molar-refractivity contribution in [3.05, 3.63) is 78.4 Å². The number of para-hydroxylation sites is 1. The molecule has 26 heavy (non-hydrogen) atoms. The first-order valence-electron chi connectivity index (χ1n) is 8.31. The van der Waals surface area contributed by atoms with E-state index < -0.39 is 5.62 Å². The summed E-state index contributed by atoms with van der Waals surface area (Å²) in [5, 5.41) is 2.19. The van der Waals surface area contributed by atoms with Crippen LogP contribution >= 0.6 is 11.6 Å². The van der Waals surface area contributed by atoms with E-state index in [2.05, 4.69) is 16.1 Å². The van der Waals surface area contributed by atoms with Gasteiger partial charge in [0.1, 0.15) is 17.5 Å². The van der Waals surface area contributed by atoms with Gasteiger partial charge in [0.15, 0.2) is 5.84 Å². The molecule has 3 aromatic carbocycles. The van der Waals surface area contributed by atoms with Crippen LogP contribution in [0.25, 0.3) is 21.9 Å². The number of fused-ring (bicyclic) bond motifs is 3. The summed E-state index contributed by atoms with van der Waals surface area (Å²) in [5.41, 5.74) is 2.96. The van der Waals surface area contributed by atoms with E-state index in [9.17, 15) is 0 Å². The second-order valence-corrected chi connectivity index (χ2v) is 6.45. The second-order valence-electron chi connectivity index (χ2n) is 6.06. The first-order chi connectivity index (χ1) is 12.8. The monoisotopic (exact) mass is 359 g/mol. The van der Waals surface area contributed by atoms with Crippen LogP contribution in [0.15, 0.2) is 87.2 Å². The lowest BCUT2D eigenvalue weighted by atomic mass is 10.1. The van der Waals surface area contributed by atoms with Gasteiger partial charge in [0.2, 0.25) is 5.62 Å². The quantitative estimate of drug-likeness (QED) is 0.355. The molecule has 1 aliphatic heterocycles. The Bertz CT molecular complexity index is 1160. The van der Waals surface area contributed by atoms with Crippen LogP contribution in [0.5, 0.6) is 0 Å². The van der Waals surface area contributed by atoms with Crippen molar-refractivity contribution in [2.24, 2.45) is 9.98 Å². The number of halogens is 1. The molecule has 0 radical (unpaired) electrons. The van der Waals surface area contributed by atoms with Gasteiger partial charge >= 0.3 is 0 Å². The van der Waals surface area contributed by atoms with Crippen molar-refractivity contribution in [3.63, 3.8) is 0 Å². The minimum absolute atomic E-state index is 0.565. The number of alkyl halides is 1. The summed E-state index contributed by atoms with van der Waals surface area (Å²) in [7, 11) is 0. The molecular formula is C21H14ClN3O. The molecule has 0 N–H and O–H groups in total. The Morgan fingerprint density at radius 1 is 0.846 bits per heavy atom. The number of rotatable bonds is 2. The molecule has 0 saturated carbocycles. The second kappa shape index (κ2) is 6.00. The van der Waals surface area contributed by atoms with E-state index >= 15 is 0 Å². The van der Waals surface area contributed by atoms with Gasteiger partial charge in [0, 0.05) is 28.1 Å². The Hall–Kier alpha value is -3.11. The van der Waals surface area contributed by atoms with Crippen molar-refractivity contribution in [1.82, 2.24) is 0 Å². The van der Waals surface area contributed by atoms with E-state index in [0.717, 1.165) is 33.2 Å². The lowest BCUT2D eigenvalue weighted by molar-refractivity contribution is 0.669. The Morgan fingerprint density at radius 3 is 2.46 bits per heavy atom. The smallest absolute Gasteiger partial charge is 0.205 e. The highest BCUT2D eigenvalue weighted by Gasteiger charge is 2.20. The number of nitrogens with zero attached hydrogens (tertiary/aromatic N) is 3. The highest BCUT2D eigenvalue weighted by atomic mass is 35.5. The fourth-order valence-corrected chi connectivity index (χ4v) is 3.43. The molecule has 0 spiro atoms. The third-order valence-electron chi connectivity index (χ3n) is 4.46. The molecular weight excluding hydrogens is 346 g/mol. The molecule has 0 bridgehead atoms. The number of hydrogen-bond acceptors (Lipinski definition) is 4. The van der Waals surface area contributed by atoms with Crippen LogP contribution in [0.3, 0.4) is 0 Å². The molecule has 5 rings (SSSR count). The maximum Gasteiger partial charge on any atom is 0.205 e.